The lowest BCUT2D eigenvalue weighted by molar-refractivity contribution is -0.118. The van der Waals surface area contributed by atoms with Crippen molar-refractivity contribution < 1.29 is 4.79 Å². The van der Waals surface area contributed by atoms with Gasteiger partial charge in [-0.3, -0.25) is 4.79 Å². The second kappa shape index (κ2) is 4.00. The highest BCUT2D eigenvalue weighted by Crippen LogP contribution is 2.30. The van der Waals surface area contributed by atoms with Crippen molar-refractivity contribution in [2.75, 3.05) is 0 Å². The molecule has 0 fully saturated rings. The van der Waals surface area contributed by atoms with Crippen molar-refractivity contribution >= 4 is 27.3 Å². The average Bonchev–Trinajstić information content (AvgIpc) is 2.59. The Morgan fingerprint density at radius 1 is 1.40 bits per heavy atom. The number of carbonyl (C=O) groups is 1. The van der Waals surface area contributed by atoms with Gasteiger partial charge in [0.05, 0.1) is 0 Å². The summed E-state index contributed by atoms with van der Waals surface area (Å²) in [5.41, 5.74) is 12.0. The molecular formula is C11H12N2OS. The second-order valence-corrected chi connectivity index (χ2v) is 4.38. The summed E-state index contributed by atoms with van der Waals surface area (Å²) in [5.74, 6) is -0.363. The van der Waals surface area contributed by atoms with Gasteiger partial charge in [-0.15, -0.1) is 11.3 Å². The van der Waals surface area contributed by atoms with Gasteiger partial charge in [0.25, 0.3) is 0 Å². The molecule has 0 aliphatic heterocycles. The first kappa shape index (κ1) is 10.1. The fraction of sp³-hybridized carbons (Fsp3) is 0.182. The van der Waals surface area contributed by atoms with Gasteiger partial charge in [0, 0.05) is 17.2 Å². The Hall–Kier alpha value is -1.39. The van der Waals surface area contributed by atoms with Gasteiger partial charge in [-0.25, -0.2) is 0 Å². The van der Waals surface area contributed by atoms with E-state index >= 15 is 0 Å². The number of hydrogen-bond acceptors (Lipinski definition) is 3. The number of thiophene rings is 1. The van der Waals surface area contributed by atoms with E-state index in [4.69, 9.17) is 11.5 Å². The van der Waals surface area contributed by atoms with Crippen LogP contribution in [0.25, 0.3) is 10.1 Å². The molecule has 1 aromatic heterocycles. The summed E-state index contributed by atoms with van der Waals surface area (Å²) in [4.78, 5) is 10.8. The minimum absolute atomic E-state index is 0.195. The monoisotopic (exact) mass is 220 g/mol. The van der Waals surface area contributed by atoms with E-state index in [1.54, 1.807) is 11.3 Å². The predicted molar refractivity (Wildman–Crippen MR) is 62.6 cm³/mol. The summed E-state index contributed by atoms with van der Waals surface area (Å²) >= 11 is 1.64. The van der Waals surface area contributed by atoms with Crippen molar-refractivity contribution in [3.63, 3.8) is 0 Å². The van der Waals surface area contributed by atoms with Crippen LogP contribution in [0.1, 0.15) is 18.0 Å². The number of carbonyl (C=O) groups excluding carboxylic acids is 1. The van der Waals surface area contributed by atoms with Crippen molar-refractivity contribution in [2.45, 2.75) is 12.5 Å². The van der Waals surface area contributed by atoms with Crippen LogP contribution >= 0.6 is 11.3 Å². The van der Waals surface area contributed by atoms with Gasteiger partial charge in [-0.05, 0) is 22.4 Å². The van der Waals surface area contributed by atoms with Crippen LogP contribution in [0.5, 0.6) is 0 Å². The fourth-order valence-corrected chi connectivity index (χ4v) is 2.64. The zero-order valence-electron chi connectivity index (χ0n) is 8.14. The average molecular weight is 220 g/mol. The summed E-state index contributed by atoms with van der Waals surface area (Å²) in [6.07, 6.45) is 0.195. The van der Waals surface area contributed by atoms with Crippen molar-refractivity contribution in [3.05, 3.63) is 35.2 Å². The highest BCUT2D eigenvalue weighted by molar-refractivity contribution is 7.17. The van der Waals surface area contributed by atoms with Gasteiger partial charge in [-0.1, -0.05) is 18.2 Å². The molecule has 1 atom stereocenters. The number of nitrogens with two attached hydrogens (primary N) is 2. The topological polar surface area (TPSA) is 69.1 Å². The lowest BCUT2D eigenvalue weighted by Crippen LogP contribution is -2.20. The Morgan fingerprint density at radius 2 is 2.13 bits per heavy atom. The van der Waals surface area contributed by atoms with Gasteiger partial charge in [0.15, 0.2) is 0 Å². The van der Waals surface area contributed by atoms with Crippen LogP contribution in [-0.2, 0) is 4.79 Å². The first-order valence-electron chi connectivity index (χ1n) is 4.68. The first-order chi connectivity index (χ1) is 7.18. The molecule has 4 N–H and O–H groups in total. The van der Waals surface area contributed by atoms with Crippen LogP contribution in [-0.4, -0.2) is 5.91 Å². The number of primary amides is 1. The third kappa shape index (κ3) is 2.00. The third-order valence-corrected chi connectivity index (χ3v) is 3.31. The SMILES string of the molecule is NC(=O)C[C@H](N)c1csc2ccccc12. The summed E-state index contributed by atoms with van der Waals surface area (Å²) in [6, 6.07) is 7.72. The fourth-order valence-electron chi connectivity index (χ4n) is 1.61. The molecule has 4 heteroatoms. The molecule has 1 aromatic carbocycles. The van der Waals surface area contributed by atoms with Gasteiger partial charge in [0.1, 0.15) is 0 Å². The van der Waals surface area contributed by atoms with E-state index in [2.05, 4.69) is 0 Å². The quantitative estimate of drug-likeness (QED) is 0.827. The highest BCUT2D eigenvalue weighted by atomic mass is 32.1. The molecule has 2 aromatic rings. The minimum atomic E-state index is -0.363. The number of fused-ring (bicyclic) bond motifs is 1. The molecule has 0 aliphatic carbocycles. The normalized spacial score (nSPS) is 12.9. The van der Waals surface area contributed by atoms with E-state index in [0.29, 0.717) is 0 Å². The van der Waals surface area contributed by atoms with E-state index < -0.39 is 0 Å². The zero-order valence-corrected chi connectivity index (χ0v) is 8.96. The van der Waals surface area contributed by atoms with Crippen LogP contribution in [0.15, 0.2) is 29.6 Å². The Morgan fingerprint density at radius 3 is 2.87 bits per heavy atom. The maximum atomic E-state index is 10.8. The van der Waals surface area contributed by atoms with Crippen LogP contribution < -0.4 is 11.5 Å². The number of amides is 1. The van der Waals surface area contributed by atoms with Gasteiger partial charge in [-0.2, -0.15) is 0 Å². The Bertz CT molecular complexity index is 492. The highest BCUT2D eigenvalue weighted by Gasteiger charge is 2.13. The Labute approximate surface area is 91.7 Å². The lowest BCUT2D eigenvalue weighted by Gasteiger charge is -2.07. The van der Waals surface area contributed by atoms with Gasteiger partial charge in [0.2, 0.25) is 5.91 Å². The van der Waals surface area contributed by atoms with Crippen LogP contribution in [0.2, 0.25) is 0 Å². The molecule has 0 saturated carbocycles. The molecule has 2 rings (SSSR count). The Balaban J connectivity index is 2.39. The smallest absolute Gasteiger partial charge is 0.219 e. The van der Waals surface area contributed by atoms with Crippen LogP contribution in [0.3, 0.4) is 0 Å². The molecule has 0 radical (unpaired) electrons. The van der Waals surface area contributed by atoms with Crippen molar-refractivity contribution in [2.24, 2.45) is 11.5 Å². The van der Waals surface area contributed by atoms with E-state index in [-0.39, 0.29) is 18.4 Å². The second-order valence-electron chi connectivity index (χ2n) is 3.46. The van der Waals surface area contributed by atoms with E-state index in [0.717, 1.165) is 10.9 Å². The van der Waals surface area contributed by atoms with Gasteiger partial charge >= 0.3 is 0 Å². The van der Waals surface area contributed by atoms with Crippen molar-refractivity contribution in [3.8, 4) is 0 Å². The lowest BCUT2D eigenvalue weighted by atomic mass is 10.0. The van der Waals surface area contributed by atoms with Crippen LogP contribution in [0.4, 0.5) is 0 Å². The van der Waals surface area contributed by atoms with Crippen molar-refractivity contribution in [1.82, 2.24) is 0 Å². The largest absolute Gasteiger partial charge is 0.370 e. The van der Waals surface area contributed by atoms with E-state index in [1.165, 1.54) is 4.70 Å². The first-order valence-corrected chi connectivity index (χ1v) is 5.56. The Kier molecular flexibility index (Phi) is 2.70. The molecule has 15 heavy (non-hydrogen) atoms. The molecule has 3 nitrogen and oxygen atoms in total. The van der Waals surface area contributed by atoms with Crippen molar-refractivity contribution in [1.29, 1.82) is 0 Å². The molecule has 1 heterocycles. The molecule has 0 aliphatic rings. The predicted octanol–water partition coefficient (Wildman–Crippen LogP) is 1.78. The maximum Gasteiger partial charge on any atom is 0.219 e. The standard InChI is InChI=1S/C11H12N2OS/c12-9(5-11(13)14)8-6-15-10-4-2-1-3-7(8)10/h1-4,6,9H,5,12H2,(H2,13,14)/t9-/m0/s1. The zero-order chi connectivity index (χ0) is 10.8. The molecule has 78 valence electrons. The van der Waals surface area contributed by atoms with Gasteiger partial charge < -0.3 is 11.5 Å². The summed E-state index contributed by atoms with van der Waals surface area (Å²) < 4.78 is 1.19. The molecule has 0 spiro atoms. The maximum absolute atomic E-state index is 10.8. The summed E-state index contributed by atoms with van der Waals surface area (Å²) in [6.45, 7) is 0. The third-order valence-electron chi connectivity index (χ3n) is 2.33. The van der Waals surface area contributed by atoms with E-state index in [9.17, 15) is 4.79 Å². The van der Waals surface area contributed by atoms with Crippen LogP contribution in [0, 0.1) is 0 Å². The minimum Gasteiger partial charge on any atom is -0.370 e. The molecule has 0 saturated heterocycles. The molecule has 0 bridgehead atoms. The summed E-state index contributed by atoms with van der Waals surface area (Å²) in [7, 11) is 0. The van der Waals surface area contributed by atoms with E-state index in [1.807, 2.05) is 29.6 Å². The molecule has 0 unspecified atom stereocenters. The number of hydrogen-bond donors (Lipinski definition) is 2. The summed E-state index contributed by atoms with van der Waals surface area (Å²) in [5, 5.41) is 3.12. The number of benzene rings is 1. The number of rotatable bonds is 3. The molecular weight excluding hydrogens is 208 g/mol. The molecule has 1 amide bonds.